The molecule has 3 nitrogen and oxygen atoms in total. The van der Waals surface area contributed by atoms with Crippen molar-refractivity contribution in [2.24, 2.45) is 5.92 Å². The topological polar surface area (TPSA) is 33.2 Å². The lowest BCUT2D eigenvalue weighted by Gasteiger charge is -2.14. The van der Waals surface area contributed by atoms with E-state index in [9.17, 15) is 4.79 Å². The molecule has 4 rings (SSSR count). The van der Waals surface area contributed by atoms with E-state index in [2.05, 4.69) is 47.4 Å². The summed E-state index contributed by atoms with van der Waals surface area (Å²) < 4.78 is 0. The van der Waals surface area contributed by atoms with E-state index in [1.807, 2.05) is 12.4 Å². The van der Waals surface area contributed by atoms with Crippen LogP contribution in [0.15, 0.2) is 54.0 Å². The molecule has 0 unspecified atom stereocenters. The summed E-state index contributed by atoms with van der Waals surface area (Å²) in [5.41, 5.74) is 1.30. The van der Waals surface area contributed by atoms with Crippen LogP contribution >= 0.6 is 11.3 Å². The van der Waals surface area contributed by atoms with Gasteiger partial charge in [-0.25, -0.2) is 4.98 Å². The van der Waals surface area contributed by atoms with Crippen LogP contribution in [0.4, 0.5) is 5.13 Å². The number of carbonyl (C=O) groups excluding carboxylic acids is 1. The molecule has 1 fully saturated rings. The lowest BCUT2D eigenvalue weighted by molar-refractivity contribution is -0.119. The van der Waals surface area contributed by atoms with Gasteiger partial charge in [-0.1, -0.05) is 42.5 Å². The van der Waals surface area contributed by atoms with Crippen LogP contribution in [0, 0.1) is 5.92 Å². The van der Waals surface area contributed by atoms with Crippen molar-refractivity contribution in [1.29, 1.82) is 0 Å². The lowest BCUT2D eigenvalue weighted by Crippen LogP contribution is -2.28. The largest absolute Gasteiger partial charge is 0.291 e. The molecule has 0 saturated heterocycles. The smallest absolute Gasteiger partial charge is 0.232 e. The summed E-state index contributed by atoms with van der Waals surface area (Å²) in [6.07, 6.45) is 2.67. The fraction of sp³-hybridized carbons (Fsp3) is 0.222. The summed E-state index contributed by atoms with van der Waals surface area (Å²) in [6.45, 7) is 0. The first-order chi connectivity index (χ1) is 10.8. The summed E-state index contributed by atoms with van der Waals surface area (Å²) in [5.74, 6) is 0.591. The molecule has 1 aliphatic rings. The number of hydrogen-bond acceptors (Lipinski definition) is 3. The van der Waals surface area contributed by atoms with Crippen molar-refractivity contribution in [3.63, 3.8) is 0 Å². The van der Waals surface area contributed by atoms with Gasteiger partial charge < -0.3 is 0 Å². The number of carbonyl (C=O) groups is 1. The number of fused-ring (bicyclic) bond motifs is 1. The molecule has 0 spiro atoms. The van der Waals surface area contributed by atoms with Crippen LogP contribution in [0.25, 0.3) is 10.8 Å². The zero-order valence-corrected chi connectivity index (χ0v) is 13.1. The van der Waals surface area contributed by atoms with Crippen LogP contribution in [0.3, 0.4) is 0 Å². The van der Waals surface area contributed by atoms with Crippen molar-refractivity contribution in [3.05, 3.63) is 59.6 Å². The predicted molar refractivity (Wildman–Crippen MR) is 90.3 cm³/mol. The maximum atomic E-state index is 12.6. The number of thiazole rings is 1. The van der Waals surface area contributed by atoms with Gasteiger partial charge in [0.25, 0.3) is 0 Å². The van der Waals surface area contributed by atoms with Gasteiger partial charge in [0.05, 0.1) is 0 Å². The highest BCUT2D eigenvalue weighted by Crippen LogP contribution is 2.50. The molecule has 0 aliphatic heterocycles. The molecule has 1 amide bonds. The van der Waals surface area contributed by atoms with Gasteiger partial charge in [-0.2, -0.15) is 0 Å². The van der Waals surface area contributed by atoms with E-state index in [1.54, 1.807) is 11.1 Å². The maximum absolute atomic E-state index is 12.6. The molecule has 2 aromatic carbocycles. The summed E-state index contributed by atoms with van der Waals surface area (Å²) in [4.78, 5) is 18.5. The molecule has 0 N–H and O–H groups in total. The average Bonchev–Trinajstić information content (AvgIpc) is 3.16. The highest BCUT2D eigenvalue weighted by atomic mass is 32.1. The van der Waals surface area contributed by atoms with Gasteiger partial charge in [0.1, 0.15) is 0 Å². The van der Waals surface area contributed by atoms with Gasteiger partial charge in [0, 0.05) is 24.5 Å². The number of aromatic nitrogens is 1. The predicted octanol–water partition coefficient (Wildman–Crippen LogP) is 4.06. The molecule has 1 aliphatic carbocycles. The third-order valence-electron chi connectivity index (χ3n) is 4.37. The van der Waals surface area contributed by atoms with Crippen molar-refractivity contribution in [3.8, 4) is 0 Å². The molecule has 1 aromatic heterocycles. The number of amides is 1. The van der Waals surface area contributed by atoms with Crippen LogP contribution < -0.4 is 4.90 Å². The van der Waals surface area contributed by atoms with E-state index in [0.717, 1.165) is 11.6 Å². The fourth-order valence-electron chi connectivity index (χ4n) is 3.11. The average molecular weight is 308 g/mol. The van der Waals surface area contributed by atoms with Crippen LogP contribution in [0.2, 0.25) is 0 Å². The van der Waals surface area contributed by atoms with Crippen molar-refractivity contribution >= 4 is 33.1 Å². The number of nitrogens with zero attached hydrogens (tertiary/aromatic N) is 2. The molecule has 0 radical (unpaired) electrons. The van der Waals surface area contributed by atoms with Gasteiger partial charge in [0.15, 0.2) is 5.13 Å². The number of benzene rings is 2. The molecule has 0 bridgehead atoms. The van der Waals surface area contributed by atoms with Gasteiger partial charge in [-0.15, -0.1) is 11.3 Å². The Morgan fingerprint density at radius 1 is 1.23 bits per heavy atom. The van der Waals surface area contributed by atoms with Crippen molar-refractivity contribution in [2.45, 2.75) is 12.3 Å². The third kappa shape index (κ3) is 2.20. The zero-order chi connectivity index (χ0) is 15.1. The summed E-state index contributed by atoms with van der Waals surface area (Å²) in [7, 11) is 1.82. The Bertz CT molecular complexity index is 823. The molecule has 2 atom stereocenters. The second-order valence-corrected chi connectivity index (χ2v) is 6.60. The van der Waals surface area contributed by atoms with Gasteiger partial charge >= 0.3 is 0 Å². The highest BCUT2D eigenvalue weighted by molar-refractivity contribution is 7.13. The number of rotatable bonds is 3. The van der Waals surface area contributed by atoms with E-state index in [4.69, 9.17) is 0 Å². The van der Waals surface area contributed by atoms with Gasteiger partial charge in [-0.3, -0.25) is 9.69 Å². The molecule has 22 heavy (non-hydrogen) atoms. The molecule has 3 aromatic rings. The first-order valence-corrected chi connectivity index (χ1v) is 8.28. The Hall–Kier alpha value is -2.20. The second kappa shape index (κ2) is 5.21. The van der Waals surface area contributed by atoms with Crippen molar-refractivity contribution in [1.82, 2.24) is 4.98 Å². The van der Waals surface area contributed by atoms with E-state index in [-0.39, 0.29) is 11.8 Å². The Morgan fingerprint density at radius 2 is 2.05 bits per heavy atom. The van der Waals surface area contributed by atoms with E-state index in [0.29, 0.717) is 5.92 Å². The van der Waals surface area contributed by atoms with Crippen LogP contribution in [-0.2, 0) is 4.79 Å². The van der Waals surface area contributed by atoms with E-state index in [1.165, 1.54) is 27.7 Å². The number of hydrogen-bond donors (Lipinski definition) is 0. The first-order valence-electron chi connectivity index (χ1n) is 7.40. The third-order valence-corrected chi connectivity index (χ3v) is 5.22. The minimum atomic E-state index is 0.0831. The first kappa shape index (κ1) is 13.5. The minimum absolute atomic E-state index is 0.0831. The Kier molecular flexibility index (Phi) is 3.19. The van der Waals surface area contributed by atoms with Crippen LogP contribution in [-0.4, -0.2) is 17.9 Å². The molecule has 4 heteroatoms. The van der Waals surface area contributed by atoms with E-state index < -0.39 is 0 Å². The minimum Gasteiger partial charge on any atom is -0.291 e. The summed E-state index contributed by atoms with van der Waals surface area (Å²) >= 11 is 1.50. The SMILES string of the molecule is CN(C(=O)[C@H]1C[C@H]1c1cccc2ccccc12)c1nccs1. The highest BCUT2D eigenvalue weighted by Gasteiger charge is 2.46. The Balaban J connectivity index is 1.60. The fourth-order valence-corrected chi connectivity index (χ4v) is 3.72. The van der Waals surface area contributed by atoms with Crippen LogP contribution in [0.5, 0.6) is 0 Å². The molecular weight excluding hydrogens is 292 g/mol. The monoisotopic (exact) mass is 308 g/mol. The Labute approximate surface area is 133 Å². The molecule has 1 saturated carbocycles. The van der Waals surface area contributed by atoms with Crippen LogP contribution in [0.1, 0.15) is 17.9 Å². The van der Waals surface area contributed by atoms with Gasteiger partial charge in [0.2, 0.25) is 5.91 Å². The second-order valence-electron chi connectivity index (χ2n) is 5.73. The van der Waals surface area contributed by atoms with Gasteiger partial charge in [-0.05, 0) is 28.7 Å². The standard InChI is InChI=1S/C18H16N2OS/c1-20(18-19-9-10-22-18)17(21)16-11-15(16)14-8-4-6-12-5-2-3-7-13(12)14/h2-10,15-16H,11H2,1H3/t15-,16-/m0/s1. The zero-order valence-electron chi connectivity index (χ0n) is 12.3. The summed E-state index contributed by atoms with van der Waals surface area (Å²) in [6, 6.07) is 14.8. The summed E-state index contributed by atoms with van der Waals surface area (Å²) in [5, 5.41) is 5.18. The quantitative estimate of drug-likeness (QED) is 0.731. The maximum Gasteiger partial charge on any atom is 0.232 e. The van der Waals surface area contributed by atoms with Crippen molar-refractivity contribution < 1.29 is 4.79 Å². The van der Waals surface area contributed by atoms with E-state index >= 15 is 0 Å². The molecule has 110 valence electrons. The lowest BCUT2D eigenvalue weighted by atomic mass is 10.00. The number of anilines is 1. The normalized spacial score (nSPS) is 20.0. The molecular formula is C18H16N2OS. The van der Waals surface area contributed by atoms with Crippen molar-refractivity contribution in [2.75, 3.05) is 11.9 Å². The Morgan fingerprint density at radius 3 is 2.86 bits per heavy atom. The molecule has 1 heterocycles.